The zero-order valence-electron chi connectivity index (χ0n) is 8.10. The molecule has 0 bridgehead atoms. The Balaban J connectivity index is 3.85. The van der Waals surface area contributed by atoms with Crippen molar-refractivity contribution < 1.29 is 18.1 Å². The van der Waals surface area contributed by atoms with Crippen molar-refractivity contribution in [3.63, 3.8) is 0 Å². The maximum absolute atomic E-state index is 10.6. The molecule has 0 saturated carbocycles. The minimum Gasteiger partial charge on any atom is -0.393 e. The fourth-order valence-electron chi connectivity index (χ4n) is 1.06. The van der Waals surface area contributed by atoms with Crippen LogP contribution in [0.15, 0.2) is 0 Å². The Bertz CT molecular complexity index is 222. The number of rotatable bonds is 6. The van der Waals surface area contributed by atoms with Gasteiger partial charge in [-0.05, 0) is 19.8 Å². The summed E-state index contributed by atoms with van der Waals surface area (Å²) in [6, 6.07) is 0. The lowest BCUT2D eigenvalue weighted by Gasteiger charge is -2.13. The Hall–Kier alpha value is -0.130. The molecule has 2 atom stereocenters. The molecule has 0 fully saturated rings. The van der Waals surface area contributed by atoms with Crippen LogP contribution in [0.4, 0.5) is 0 Å². The quantitative estimate of drug-likeness (QED) is 0.646. The van der Waals surface area contributed by atoms with Gasteiger partial charge in [-0.25, -0.2) is 0 Å². The molecule has 2 unspecified atom stereocenters. The number of aliphatic hydroxyl groups is 1. The van der Waals surface area contributed by atoms with Gasteiger partial charge in [0.15, 0.2) is 0 Å². The molecule has 5 heteroatoms. The van der Waals surface area contributed by atoms with Gasteiger partial charge < -0.3 is 5.11 Å². The van der Waals surface area contributed by atoms with Crippen LogP contribution in [0.3, 0.4) is 0 Å². The first-order chi connectivity index (χ1) is 5.88. The molecule has 0 radical (unpaired) electrons. The third-order valence-corrected chi connectivity index (χ3v) is 3.21. The van der Waals surface area contributed by atoms with Crippen molar-refractivity contribution in [2.24, 2.45) is 0 Å². The Kier molecular flexibility index (Phi) is 5.51. The van der Waals surface area contributed by atoms with Crippen LogP contribution in [-0.2, 0) is 10.1 Å². The predicted molar refractivity (Wildman–Crippen MR) is 51.2 cm³/mol. The molecular weight excluding hydrogens is 192 g/mol. The molecular formula is C8H18O4S. The van der Waals surface area contributed by atoms with Crippen molar-refractivity contribution in [3.05, 3.63) is 0 Å². The van der Waals surface area contributed by atoms with Crippen LogP contribution in [-0.4, -0.2) is 29.4 Å². The van der Waals surface area contributed by atoms with Gasteiger partial charge in [-0.2, -0.15) is 8.42 Å². The number of unbranched alkanes of at least 4 members (excludes halogenated alkanes) is 1. The molecule has 0 aliphatic rings. The highest BCUT2D eigenvalue weighted by atomic mass is 32.2. The molecule has 0 aliphatic carbocycles. The second kappa shape index (κ2) is 5.57. The van der Waals surface area contributed by atoms with Gasteiger partial charge in [-0.15, -0.1) is 0 Å². The first kappa shape index (κ1) is 12.9. The highest BCUT2D eigenvalue weighted by molar-refractivity contribution is 7.86. The Morgan fingerprint density at radius 2 is 1.92 bits per heavy atom. The van der Waals surface area contributed by atoms with Crippen LogP contribution in [0.2, 0.25) is 0 Å². The summed E-state index contributed by atoms with van der Waals surface area (Å²) in [7, 11) is -3.98. The van der Waals surface area contributed by atoms with E-state index in [2.05, 4.69) is 0 Å². The van der Waals surface area contributed by atoms with E-state index in [4.69, 9.17) is 4.55 Å². The van der Waals surface area contributed by atoms with E-state index in [0.29, 0.717) is 6.42 Å². The average molecular weight is 210 g/mol. The number of aliphatic hydroxyl groups excluding tert-OH is 1. The van der Waals surface area contributed by atoms with Crippen LogP contribution in [0.1, 0.15) is 39.5 Å². The van der Waals surface area contributed by atoms with Gasteiger partial charge in [-0.1, -0.05) is 19.8 Å². The summed E-state index contributed by atoms with van der Waals surface area (Å²) in [5, 5.41) is 8.46. The monoisotopic (exact) mass is 210 g/mol. The lowest BCUT2D eigenvalue weighted by atomic mass is 10.1. The van der Waals surface area contributed by atoms with Crippen LogP contribution in [0, 0.1) is 0 Å². The summed E-state index contributed by atoms with van der Waals surface area (Å²) in [4.78, 5) is 0. The molecule has 0 spiro atoms. The highest BCUT2D eigenvalue weighted by Crippen LogP contribution is 2.11. The lowest BCUT2D eigenvalue weighted by Crippen LogP contribution is -2.23. The van der Waals surface area contributed by atoms with Crippen molar-refractivity contribution in [3.8, 4) is 0 Å². The molecule has 2 N–H and O–H groups in total. The minimum absolute atomic E-state index is 0.110. The first-order valence-electron chi connectivity index (χ1n) is 4.52. The van der Waals surface area contributed by atoms with E-state index in [1.54, 1.807) is 0 Å². The molecule has 80 valence electrons. The Labute approximate surface area is 79.7 Å². The van der Waals surface area contributed by atoms with E-state index < -0.39 is 21.5 Å². The molecule has 4 nitrogen and oxygen atoms in total. The molecule has 0 amide bonds. The summed E-state index contributed by atoms with van der Waals surface area (Å²) in [5.41, 5.74) is 0. The topological polar surface area (TPSA) is 74.6 Å². The third-order valence-electron chi connectivity index (χ3n) is 2.00. The zero-order valence-corrected chi connectivity index (χ0v) is 8.92. The molecule has 0 aromatic carbocycles. The van der Waals surface area contributed by atoms with Crippen molar-refractivity contribution in [2.45, 2.75) is 50.9 Å². The maximum Gasteiger partial charge on any atom is 0.267 e. The Morgan fingerprint density at radius 3 is 2.31 bits per heavy atom. The average Bonchev–Trinajstić information content (AvgIpc) is 1.99. The molecule has 0 aromatic rings. The molecule has 0 aromatic heterocycles. The normalized spacial score (nSPS) is 16.9. The van der Waals surface area contributed by atoms with Crippen LogP contribution < -0.4 is 0 Å². The largest absolute Gasteiger partial charge is 0.393 e. The third kappa shape index (κ3) is 6.01. The summed E-state index contributed by atoms with van der Waals surface area (Å²) in [6.45, 7) is 3.39. The van der Waals surface area contributed by atoms with E-state index in [1.165, 1.54) is 6.92 Å². The van der Waals surface area contributed by atoms with Crippen molar-refractivity contribution in [1.82, 2.24) is 0 Å². The molecule has 0 rings (SSSR count). The second-order valence-corrected chi connectivity index (χ2v) is 5.19. The maximum atomic E-state index is 10.6. The van der Waals surface area contributed by atoms with Gasteiger partial charge in [0.1, 0.15) is 0 Å². The van der Waals surface area contributed by atoms with Gasteiger partial charge in [0.05, 0.1) is 11.4 Å². The molecule has 0 saturated heterocycles. The predicted octanol–water partition coefficient (Wildman–Crippen LogP) is 1.20. The summed E-state index contributed by atoms with van der Waals surface area (Å²) < 4.78 is 29.8. The van der Waals surface area contributed by atoms with E-state index in [9.17, 15) is 13.5 Å². The van der Waals surface area contributed by atoms with E-state index in [0.717, 1.165) is 12.8 Å². The number of hydrogen-bond donors (Lipinski definition) is 2. The van der Waals surface area contributed by atoms with Gasteiger partial charge in [0.25, 0.3) is 10.1 Å². The van der Waals surface area contributed by atoms with Gasteiger partial charge in [-0.3, -0.25) is 4.55 Å². The second-order valence-electron chi connectivity index (χ2n) is 3.36. The van der Waals surface area contributed by atoms with E-state index in [1.807, 2.05) is 6.92 Å². The molecule has 0 heterocycles. The molecule has 0 aliphatic heterocycles. The summed E-state index contributed by atoms with van der Waals surface area (Å²) in [5.74, 6) is 0. The fourth-order valence-corrected chi connectivity index (χ4v) is 1.53. The lowest BCUT2D eigenvalue weighted by molar-refractivity contribution is 0.150. The molecule has 13 heavy (non-hydrogen) atoms. The SMILES string of the molecule is CCCCC(O)CC(C)S(=O)(=O)O. The van der Waals surface area contributed by atoms with Gasteiger partial charge in [0.2, 0.25) is 0 Å². The minimum atomic E-state index is -3.98. The van der Waals surface area contributed by atoms with Crippen LogP contribution >= 0.6 is 0 Å². The summed E-state index contributed by atoms with van der Waals surface area (Å²) >= 11 is 0. The smallest absolute Gasteiger partial charge is 0.267 e. The standard InChI is InChI=1S/C8H18O4S/c1-3-4-5-8(9)6-7(2)13(10,11)12/h7-9H,3-6H2,1-2H3,(H,10,11,12). The summed E-state index contributed by atoms with van der Waals surface area (Å²) in [6.07, 6.45) is 1.92. The van der Waals surface area contributed by atoms with E-state index >= 15 is 0 Å². The van der Waals surface area contributed by atoms with E-state index in [-0.39, 0.29) is 6.42 Å². The van der Waals surface area contributed by atoms with Crippen molar-refractivity contribution in [1.29, 1.82) is 0 Å². The van der Waals surface area contributed by atoms with Crippen molar-refractivity contribution >= 4 is 10.1 Å². The van der Waals surface area contributed by atoms with Crippen LogP contribution in [0.5, 0.6) is 0 Å². The highest BCUT2D eigenvalue weighted by Gasteiger charge is 2.20. The van der Waals surface area contributed by atoms with Crippen molar-refractivity contribution in [2.75, 3.05) is 0 Å². The first-order valence-corrected chi connectivity index (χ1v) is 6.02. The number of hydrogen-bond acceptors (Lipinski definition) is 3. The zero-order chi connectivity index (χ0) is 10.5. The fraction of sp³-hybridized carbons (Fsp3) is 1.00. The van der Waals surface area contributed by atoms with Crippen LogP contribution in [0.25, 0.3) is 0 Å². The van der Waals surface area contributed by atoms with Gasteiger partial charge >= 0.3 is 0 Å². The van der Waals surface area contributed by atoms with Gasteiger partial charge in [0, 0.05) is 0 Å². The Morgan fingerprint density at radius 1 is 1.38 bits per heavy atom.